The fourth-order valence-corrected chi connectivity index (χ4v) is 6.06. The minimum Gasteiger partial charge on any atom is -0.360 e. The topological polar surface area (TPSA) is 119 Å². The van der Waals surface area contributed by atoms with E-state index in [1.807, 2.05) is 30.3 Å². The van der Waals surface area contributed by atoms with E-state index >= 15 is 0 Å². The van der Waals surface area contributed by atoms with E-state index in [1.54, 1.807) is 47.9 Å². The van der Waals surface area contributed by atoms with Crippen molar-refractivity contribution in [3.8, 4) is 0 Å². The summed E-state index contributed by atoms with van der Waals surface area (Å²) in [6, 6.07) is 18.3. The summed E-state index contributed by atoms with van der Waals surface area (Å²) in [6.45, 7) is 1.72. The third-order valence-corrected chi connectivity index (χ3v) is 8.02. The van der Waals surface area contributed by atoms with Crippen molar-refractivity contribution in [2.45, 2.75) is 50.7 Å². The van der Waals surface area contributed by atoms with Crippen molar-refractivity contribution in [3.63, 3.8) is 0 Å². The van der Waals surface area contributed by atoms with Crippen LogP contribution >= 0.6 is 11.6 Å². The number of amides is 2. The van der Waals surface area contributed by atoms with E-state index < -0.39 is 11.9 Å². The number of aryl methyl sites for hydroxylation is 1. The third-order valence-electron chi connectivity index (χ3n) is 7.71. The largest absolute Gasteiger partial charge is 0.360 e. The number of hydrogen-bond donors (Lipinski definition) is 2. The van der Waals surface area contributed by atoms with Crippen LogP contribution < -0.4 is 16.2 Å². The zero-order valence-corrected chi connectivity index (χ0v) is 23.1. The van der Waals surface area contributed by atoms with Crippen LogP contribution in [0, 0.1) is 6.92 Å². The van der Waals surface area contributed by atoms with Crippen molar-refractivity contribution in [2.24, 2.45) is 0 Å². The van der Waals surface area contributed by atoms with Gasteiger partial charge in [-0.15, -0.1) is 0 Å². The van der Waals surface area contributed by atoms with Gasteiger partial charge in [0.05, 0.1) is 10.5 Å². The normalized spacial score (nSPS) is 17.8. The molecule has 9 nitrogen and oxygen atoms in total. The van der Waals surface area contributed by atoms with Crippen LogP contribution in [0.2, 0.25) is 5.02 Å². The number of carbonyl (C=O) groups is 2. The molecule has 1 aliphatic carbocycles. The Bertz CT molecular complexity index is 1800. The number of halogens is 1. The van der Waals surface area contributed by atoms with E-state index in [4.69, 9.17) is 16.1 Å². The Morgan fingerprint density at radius 2 is 1.83 bits per heavy atom. The van der Waals surface area contributed by atoms with E-state index in [1.165, 1.54) is 6.20 Å². The van der Waals surface area contributed by atoms with Gasteiger partial charge in [0.15, 0.2) is 0 Å². The summed E-state index contributed by atoms with van der Waals surface area (Å²) in [7, 11) is 0. The summed E-state index contributed by atoms with van der Waals surface area (Å²) in [5.74, 6) is -0.323. The second-order valence-electron chi connectivity index (χ2n) is 10.3. The molecule has 41 heavy (non-hydrogen) atoms. The second kappa shape index (κ2) is 11.2. The molecule has 1 saturated carbocycles. The number of benzene rings is 2. The molecule has 0 spiro atoms. The molecular formula is C31H28ClN5O4. The Balaban J connectivity index is 1.29. The van der Waals surface area contributed by atoms with Crippen LogP contribution in [0.3, 0.4) is 0 Å². The van der Waals surface area contributed by atoms with Crippen LogP contribution in [0.25, 0.3) is 21.8 Å². The summed E-state index contributed by atoms with van der Waals surface area (Å²) < 4.78 is 7.17. The fraction of sp³-hybridized carbons (Fsp3) is 0.258. The van der Waals surface area contributed by atoms with Gasteiger partial charge in [-0.05, 0) is 62.4 Å². The van der Waals surface area contributed by atoms with Gasteiger partial charge in [-0.3, -0.25) is 19.4 Å². The van der Waals surface area contributed by atoms with Crippen LogP contribution in [-0.4, -0.2) is 32.6 Å². The van der Waals surface area contributed by atoms with Gasteiger partial charge in [0.1, 0.15) is 28.4 Å². The van der Waals surface area contributed by atoms with Crippen LogP contribution in [0.5, 0.6) is 0 Å². The van der Waals surface area contributed by atoms with Crippen molar-refractivity contribution < 1.29 is 14.1 Å². The average Bonchev–Trinajstić information content (AvgIpc) is 3.38. The van der Waals surface area contributed by atoms with Gasteiger partial charge >= 0.3 is 0 Å². The van der Waals surface area contributed by atoms with Gasteiger partial charge in [-0.2, -0.15) is 0 Å². The molecule has 0 radical (unpaired) electrons. The number of fused-ring (bicyclic) bond motifs is 3. The lowest BCUT2D eigenvalue weighted by Crippen LogP contribution is -2.46. The molecule has 3 aromatic heterocycles. The Morgan fingerprint density at radius 1 is 1.02 bits per heavy atom. The molecule has 2 aromatic carbocycles. The zero-order valence-electron chi connectivity index (χ0n) is 22.3. The predicted molar refractivity (Wildman–Crippen MR) is 156 cm³/mol. The molecule has 2 N–H and O–H groups in total. The minimum atomic E-state index is -0.913. The number of pyridine rings is 2. The highest BCUT2D eigenvalue weighted by Gasteiger charge is 2.31. The smallest absolute Gasteiger partial charge is 0.270 e. The maximum absolute atomic E-state index is 13.8. The number of hydrogen-bond acceptors (Lipinski definition) is 6. The monoisotopic (exact) mass is 569 g/mol. The molecule has 208 valence electrons. The molecule has 0 aliphatic heterocycles. The van der Waals surface area contributed by atoms with Gasteiger partial charge in [-0.25, -0.2) is 0 Å². The van der Waals surface area contributed by atoms with E-state index in [2.05, 4.69) is 20.8 Å². The van der Waals surface area contributed by atoms with Crippen molar-refractivity contribution >= 4 is 45.2 Å². The number of aromatic nitrogens is 3. The quantitative estimate of drug-likeness (QED) is 0.287. The number of rotatable bonds is 6. The number of nitrogens with zero attached hydrogens (tertiary/aromatic N) is 3. The average molecular weight is 570 g/mol. The molecule has 3 heterocycles. The Kier molecular flexibility index (Phi) is 7.28. The highest BCUT2D eigenvalue weighted by Crippen LogP contribution is 2.35. The van der Waals surface area contributed by atoms with Crippen molar-refractivity contribution in [1.29, 1.82) is 0 Å². The van der Waals surface area contributed by atoms with Crippen molar-refractivity contribution in [3.05, 3.63) is 105 Å². The Hall–Kier alpha value is -4.50. The summed E-state index contributed by atoms with van der Waals surface area (Å²) in [4.78, 5) is 44.5. The van der Waals surface area contributed by atoms with E-state index in [9.17, 15) is 14.4 Å². The summed E-state index contributed by atoms with van der Waals surface area (Å²) in [5.41, 5.74) is 1.84. The first kappa shape index (κ1) is 26.7. The maximum Gasteiger partial charge on any atom is 0.270 e. The predicted octanol–water partition coefficient (Wildman–Crippen LogP) is 5.27. The molecule has 2 amide bonds. The van der Waals surface area contributed by atoms with Crippen LogP contribution in [0.15, 0.2) is 82.2 Å². The lowest BCUT2D eigenvalue weighted by molar-refractivity contribution is -0.124. The molecule has 10 heteroatoms. The van der Waals surface area contributed by atoms with Gasteiger partial charge in [-0.1, -0.05) is 59.2 Å². The van der Waals surface area contributed by atoms with E-state index in [0.717, 1.165) is 19.3 Å². The van der Waals surface area contributed by atoms with E-state index in [0.29, 0.717) is 44.6 Å². The number of carbonyl (C=O) groups excluding carboxylic acids is 2. The standard InChI is InChI=1S/C31H28ClN5O4/c1-18-25-28(36-41-18)26-22(32)13-8-15-24(26)37(31(25)40)21-12-7-11-20(17-21)34-30(39)27(19-9-3-2-4-10-19)35-29(38)23-14-5-6-16-33-23/h2-6,8-10,13-16,20-21,27H,7,11-12,17H2,1H3,(H,34,39)(H,35,38). The lowest BCUT2D eigenvalue weighted by atomic mass is 9.89. The third kappa shape index (κ3) is 5.09. The van der Waals surface area contributed by atoms with Gasteiger partial charge in [0.2, 0.25) is 5.91 Å². The van der Waals surface area contributed by atoms with Crippen LogP contribution in [0.1, 0.15) is 59.6 Å². The lowest BCUT2D eigenvalue weighted by Gasteiger charge is -2.33. The van der Waals surface area contributed by atoms with Crippen molar-refractivity contribution in [2.75, 3.05) is 0 Å². The van der Waals surface area contributed by atoms with E-state index in [-0.39, 0.29) is 29.2 Å². The number of nitrogens with one attached hydrogen (secondary N) is 2. The Morgan fingerprint density at radius 3 is 2.61 bits per heavy atom. The molecule has 0 saturated heterocycles. The Labute approximate surface area is 240 Å². The summed E-state index contributed by atoms with van der Waals surface area (Å²) in [5, 5.41) is 11.7. The highest BCUT2D eigenvalue weighted by molar-refractivity contribution is 6.37. The van der Waals surface area contributed by atoms with Gasteiger partial charge in [0, 0.05) is 23.7 Å². The molecular weight excluding hydrogens is 542 g/mol. The highest BCUT2D eigenvalue weighted by atomic mass is 35.5. The van der Waals surface area contributed by atoms with Crippen LogP contribution in [-0.2, 0) is 4.79 Å². The molecule has 5 aromatic rings. The minimum absolute atomic E-state index is 0.181. The second-order valence-corrected chi connectivity index (χ2v) is 10.7. The molecule has 3 atom stereocenters. The first-order valence-electron chi connectivity index (χ1n) is 13.6. The van der Waals surface area contributed by atoms with Gasteiger partial charge < -0.3 is 19.7 Å². The summed E-state index contributed by atoms with van der Waals surface area (Å²) in [6.07, 6.45) is 4.40. The van der Waals surface area contributed by atoms with Crippen molar-refractivity contribution in [1.82, 2.24) is 25.3 Å². The first-order valence-corrected chi connectivity index (χ1v) is 14.0. The molecule has 1 aliphatic rings. The zero-order chi connectivity index (χ0) is 28.5. The SMILES string of the molecule is Cc1onc2c1c(=O)n(C1CCCC(NC(=O)C(NC(=O)c3ccccn3)c3ccccc3)C1)c1cccc(Cl)c21. The molecule has 0 bridgehead atoms. The molecule has 6 rings (SSSR count). The summed E-state index contributed by atoms with van der Waals surface area (Å²) >= 11 is 6.59. The fourth-order valence-electron chi connectivity index (χ4n) is 5.80. The maximum atomic E-state index is 13.8. The molecule has 1 fully saturated rings. The van der Waals surface area contributed by atoms with Gasteiger partial charge in [0.25, 0.3) is 11.5 Å². The van der Waals surface area contributed by atoms with Crippen LogP contribution in [0.4, 0.5) is 0 Å². The first-order chi connectivity index (χ1) is 19.9. The molecule has 3 unspecified atom stereocenters.